The van der Waals surface area contributed by atoms with Crippen LogP contribution < -0.4 is 10.0 Å². The minimum atomic E-state index is -4.05. The van der Waals surface area contributed by atoms with Gasteiger partial charge in [-0.3, -0.25) is 9.52 Å². The number of amides is 1. The summed E-state index contributed by atoms with van der Waals surface area (Å²) in [6, 6.07) is 4.03. The third-order valence-corrected chi connectivity index (χ3v) is 5.83. The second kappa shape index (κ2) is 8.43. The third-order valence-electron chi connectivity index (χ3n) is 2.92. The molecule has 0 aliphatic heterocycles. The van der Waals surface area contributed by atoms with Gasteiger partial charge in [0.2, 0.25) is 11.0 Å². The Kier molecular flexibility index (Phi) is 6.51. The molecule has 1 aromatic heterocycles. The van der Waals surface area contributed by atoms with E-state index in [4.69, 9.17) is 16.3 Å². The summed E-state index contributed by atoms with van der Waals surface area (Å²) in [5.74, 6) is -0.978. The van der Waals surface area contributed by atoms with E-state index >= 15 is 0 Å². The summed E-state index contributed by atoms with van der Waals surface area (Å²) in [5, 5.41) is 9.81. The van der Waals surface area contributed by atoms with Crippen LogP contribution in [0, 0.1) is 0 Å². The van der Waals surface area contributed by atoms with Gasteiger partial charge in [-0.1, -0.05) is 29.9 Å². The Balaban J connectivity index is 2.23. The van der Waals surface area contributed by atoms with Crippen LogP contribution in [0.1, 0.15) is 30.6 Å². The molecule has 1 amide bonds. The fraction of sp³-hybridized carbons (Fsp3) is 0.286. The lowest BCUT2D eigenvalue weighted by atomic mass is 10.2. The first-order chi connectivity index (χ1) is 12.3. The summed E-state index contributed by atoms with van der Waals surface area (Å²) in [6.45, 7) is 3.45. The molecule has 140 valence electrons. The van der Waals surface area contributed by atoms with Gasteiger partial charge in [-0.15, -0.1) is 10.2 Å². The van der Waals surface area contributed by atoms with E-state index in [1.54, 1.807) is 13.8 Å². The lowest BCUT2D eigenvalue weighted by Crippen LogP contribution is -2.14. The fourth-order valence-corrected chi connectivity index (χ4v) is 3.89. The number of carbonyl (C=O) groups excluding carboxylic acids is 2. The molecule has 0 unspecified atom stereocenters. The number of benzene rings is 1. The van der Waals surface area contributed by atoms with Crippen molar-refractivity contribution in [3.8, 4) is 0 Å². The molecular formula is C14H15ClN4O5S2. The molecule has 0 saturated heterocycles. The predicted molar refractivity (Wildman–Crippen MR) is 97.0 cm³/mol. The maximum atomic E-state index is 12.4. The standard InChI is InChI=1S/C14H15ClN4O5S2/c1-3-11(20)16-13-17-18-14(25-13)26(22,23)19-8-5-6-10(15)9(7-8)12(21)24-4-2/h5-7,19H,3-4H2,1-2H3,(H,16,17,20). The first-order valence-electron chi connectivity index (χ1n) is 7.39. The van der Waals surface area contributed by atoms with Crippen LogP contribution in [-0.4, -0.2) is 37.1 Å². The van der Waals surface area contributed by atoms with Crippen molar-refractivity contribution in [3.63, 3.8) is 0 Å². The average molecular weight is 419 g/mol. The fourth-order valence-electron chi connectivity index (χ4n) is 1.73. The molecule has 2 aromatic rings. The van der Waals surface area contributed by atoms with Crippen LogP contribution in [0.2, 0.25) is 5.02 Å². The second-order valence-corrected chi connectivity index (χ2v) is 8.04. The van der Waals surface area contributed by atoms with Crippen LogP contribution in [0.5, 0.6) is 0 Å². The van der Waals surface area contributed by atoms with Crippen molar-refractivity contribution in [3.05, 3.63) is 28.8 Å². The molecule has 2 rings (SSSR count). The number of sulfonamides is 1. The Morgan fingerprint density at radius 1 is 1.27 bits per heavy atom. The first-order valence-corrected chi connectivity index (χ1v) is 10.1. The molecule has 0 bridgehead atoms. The van der Waals surface area contributed by atoms with Gasteiger partial charge in [-0.05, 0) is 25.1 Å². The van der Waals surface area contributed by atoms with Crippen molar-refractivity contribution < 1.29 is 22.7 Å². The maximum Gasteiger partial charge on any atom is 0.339 e. The second-order valence-electron chi connectivity index (χ2n) is 4.80. The van der Waals surface area contributed by atoms with Gasteiger partial charge in [0.1, 0.15) is 0 Å². The van der Waals surface area contributed by atoms with E-state index in [2.05, 4.69) is 20.2 Å². The number of hydrogen-bond donors (Lipinski definition) is 2. The van der Waals surface area contributed by atoms with Crippen molar-refractivity contribution in [1.82, 2.24) is 10.2 Å². The summed E-state index contributed by atoms with van der Waals surface area (Å²) in [5.41, 5.74) is 0.133. The van der Waals surface area contributed by atoms with E-state index in [1.165, 1.54) is 18.2 Å². The van der Waals surface area contributed by atoms with E-state index in [0.717, 1.165) is 0 Å². The van der Waals surface area contributed by atoms with Gasteiger partial charge in [-0.2, -0.15) is 8.42 Å². The van der Waals surface area contributed by atoms with E-state index < -0.39 is 16.0 Å². The molecule has 0 radical (unpaired) electrons. The summed E-state index contributed by atoms with van der Waals surface area (Å²) in [6.07, 6.45) is 0.224. The van der Waals surface area contributed by atoms with Gasteiger partial charge in [0.05, 0.1) is 17.2 Å². The molecule has 12 heteroatoms. The molecule has 0 spiro atoms. The molecule has 0 aliphatic carbocycles. The Morgan fingerprint density at radius 3 is 2.65 bits per heavy atom. The zero-order valence-corrected chi connectivity index (χ0v) is 16.2. The Bertz CT molecular complexity index is 929. The number of aromatic nitrogens is 2. The molecule has 0 aliphatic rings. The number of carbonyl (C=O) groups is 2. The summed E-state index contributed by atoms with van der Waals surface area (Å²) in [4.78, 5) is 23.2. The van der Waals surface area contributed by atoms with Crippen LogP contribution >= 0.6 is 22.9 Å². The number of nitrogens with one attached hydrogen (secondary N) is 2. The smallest absolute Gasteiger partial charge is 0.339 e. The minimum Gasteiger partial charge on any atom is -0.462 e. The zero-order chi connectivity index (χ0) is 19.3. The van der Waals surface area contributed by atoms with E-state index in [-0.39, 0.29) is 44.7 Å². The van der Waals surface area contributed by atoms with Gasteiger partial charge in [0, 0.05) is 12.1 Å². The quantitative estimate of drug-likeness (QED) is 0.522. The Labute approximate surface area is 158 Å². The summed E-state index contributed by atoms with van der Waals surface area (Å²) < 4.78 is 31.6. The number of ether oxygens (including phenoxy) is 1. The number of anilines is 2. The van der Waals surface area contributed by atoms with Gasteiger partial charge < -0.3 is 10.1 Å². The highest BCUT2D eigenvalue weighted by Gasteiger charge is 2.22. The number of hydrogen-bond acceptors (Lipinski definition) is 8. The highest BCUT2D eigenvalue weighted by atomic mass is 35.5. The summed E-state index contributed by atoms with van der Waals surface area (Å²) in [7, 11) is -4.05. The first kappa shape index (κ1) is 20.1. The van der Waals surface area contributed by atoms with Gasteiger partial charge >= 0.3 is 5.97 Å². The molecular weight excluding hydrogens is 404 g/mol. The minimum absolute atomic E-state index is 0.0295. The van der Waals surface area contributed by atoms with Crippen molar-refractivity contribution in [2.45, 2.75) is 24.6 Å². The van der Waals surface area contributed by atoms with Crippen molar-refractivity contribution in [2.24, 2.45) is 0 Å². The topological polar surface area (TPSA) is 127 Å². The van der Waals surface area contributed by atoms with Gasteiger partial charge in [-0.25, -0.2) is 4.79 Å². The van der Waals surface area contributed by atoms with E-state index in [9.17, 15) is 18.0 Å². The van der Waals surface area contributed by atoms with Crippen LogP contribution in [-0.2, 0) is 19.6 Å². The molecule has 2 N–H and O–H groups in total. The molecule has 0 fully saturated rings. The molecule has 9 nitrogen and oxygen atoms in total. The van der Waals surface area contributed by atoms with Gasteiger partial charge in [0.25, 0.3) is 14.4 Å². The van der Waals surface area contributed by atoms with E-state index in [0.29, 0.717) is 11.3 Å². The molecule has 26 heavy (non-hydrogen) atoms. The van der Waals surface area contributed by atoms with Crippen LogP contribution in [0.3, 0.4) is 0 Å². The van der Waals surface area contributed by atoms with Crippen molar-refractivity contribution >= 4 is 55.7 Å². The van der Waals surface area contributed by atoms with Crippen LogP contribution in [0.25, 0.3) is 0 Å². The SMILES string of the molecule is CCOC(=O)c1cc(NS(=O)(=O)c2nnc(NC(=O)CC)s2)ccc1Cl. The summed E-state index contributed by atoms with van der Waals surface area (Å²) >= 11 is 6.64. The molecule has 0 saturated carbocycles. The van der Waals surface area contributed by atoms with Crippen LogP contribution in [0.4, 0.5) is 10.8 Å². The molecule has 1 aromatic carbocycles. The highest BCUT2D eigenvalue weighted by Crippen LogP contribution is 2.26. The van der Waals surface area contributed by atoms with Crippen LogP contribution in [0.15, 0.2) is 22.5 Å². The maximum absolute atomic E-state index is 12.4. The average Bonchev–Trinajstić information content (AvgIpc) is 3.06. The number of nitrogens with zero attached hydrogens (tertiary/aromatic N) is 2. The van der Waals surface area contributed by atoms with Crippen molar-refractivity contribution in [2.75, 3.05) is 16.6 Å². The Morgan fingerprint density at radius 2 is 2.00 bits per heavy atom. The monoisotopic (exact) mass is 418 g/mol. The lowest BCUT2D eigenvalue weighted by Gasteiger charge is -2.08. The predicted octanol–water partition coefficient (Wildman–Crippen LogP) is 2.52. The Hall–Kier alpha value is -2.24. The van der Waals surface area contributed by atoms with Crippen molar-refractivity contribution in [1.29, 1.82) is 0 Å². The highest BCUT2D eigenvalue weighted by molar-refractivity contribution is 7.94. The van der Waals surface area contributed by atoms with E-state index in [1.807, 2.05) is 0 Å². The normalized spacial score (nSPS) is 11.0. The third kappa shape index (κ3) is 4.90. The lowest BCUT2D eigenvalue weighted by molar-refractivity contribution is -0.115. The number of rotatable bonds is 7. The largest absolute Gasteiger partial charge is 0.462 e. The molecule has 1 heterocycles. The zero-order valence-electron chi connectivity index (χ0n) is 13.8. The van der Waals surface area contributed by atoms with Gasteiger partial charge in [0.15, 0.2) is 0 Å². The molecule has 0 atom stereocenters. The number of halogens is 1. The number of esters is 1.